The molecule has 0 spiro atoms. The first-order valence-electron chi connectivity index (χ1n) is 4.39. The van der Waals surface area contributed by atoms with E-state index in [1.54, 1.807) is 0 Å². The molecule has 0 radical (unpaired) electrons. The van der Waals surface area contributed by atoms with E-state index in [1.165, 1.54) is 0 Å². The highest BCUT2D eigenvalue weighted by molar-refractivity contribution is 5.87. The number of aromatic nitrogens is 2. The zero-order chi connectivity index (χ0) is 11.9. The quantitative estimate of drug-likeness (QED) is 0.768. The van der Waals surface area contributed by atoms with Gasteiger partial charge in [-0.2, -0.15) is 13.2 Å². The van der Waals surface area contributed by atoms with Gasteiger partial charge in [-0.1, -0.05) is 0 Å². The average Bonchev–Trinajstić information content (AvgIpc) is 2.58. The number of halogens is 3. The second kappa shape index (κ2) is 3.39. The molecule has 1 aromatic rings. The molecule has 2 heterocycles. The summed E-state index contributed by atoms with van der Waals surface area (Å²) < 4.78 is 42.0. The summed E-state index contributed by atoms with van der Waals surface area (Å²) in [4.78, 5) is 10.7. The molecule has 1 unspecified atom stereocenters. The molecule has 1 atom stereocenters. The molecule has 0 bridgehead atoms. The molecule has 2 rings (SSSR count). The number of rotatable bonds is 1. The highest BCUT2D eigenvalue weighted by Crippen LogP contribution is 2.36. The molecule has 1 aliphatic heterocycles. The van der Waals surface area contributed by atoms with Crippen LogP contribution in [0.25, 0.3) is 0 Å². The number of carboxylic acid groups (broad SMARTS) is 1. The lowest BCUT2D eigenvalue weighted by Gasteiger charge is -2.24. The van der Waals surface area contributed by atoms with Crippen molar-refractivity contribution in [3.05, 3.63) is 11.3 Å². The molecule has 0 saturated heterocycles. The standard InChI is InChI=1S/C8H7F3N2O3/c9-8(10,11)3-1-4-5(7(14)15)12-13-6(4)16-2-3/h3H,1-2H2,(H,12,13)(H,14,15). The van der Waals surface area contributed by atoms with Crippen molar-refractivity contribution in [2.45, 2.75) is 12.6 Å². The highest BCUT2D eigenvalue weighted by Gasteiger charge is 2.44. The van der Waals surface area contributed by atoms with Gasteiger partial charge in [0.15, 0.2) is 5.69 Å². The number of aromatic carboxylic acids is 1. The van der Waals surface area contributed by atoms with Crippen LogP contribution in [-0.2, 0) is 6.42 Å². The van der Waals surface area contributed by atoms with E-state index in [0.29, 0.717) is 0 Å². The van der Waals surface area contributed by atoms with E-state index >= 15 is 0 Å². The van der Waals surface area contributed by atoms with Crippen LogP contribution in [0.2, 0.25) is 0 Å². The van der Waals surface area contributed by atoms with Crippen molar-refractivity contribution in [2.75, 3.05) is 6.61 Å². The molecule has 0 aliphatic carbocycles. The second-order valence-electron chi connectivity index (χ2n) is 3.44. The third kappa shape index (κ3) is 1.70. The number of carbonyl (C=O) groups is 1. The third-order valence-corrected chi connectivity index (χ3v) is 2.38. The van der Waals surface area contributed by atoms with E-state index in [-0.39, 0.29) is 17.1 Å². The Labute approximate surface area is 87.2 Å². The van der Waals surface area contributed by atoms with Crippen LogP contribution in [0.5, 0.6) is 5.88 Å². The summed E-state index contributed by atoms with van der Waals surface area (Å²) in [7, 11) is 0. The summed E-state index contributed by atoms with van der Waals surface area (Å²) in [5.74, 6) is -3.09. The van der Waals surface area contributed by atoms with Gasteiger partial charge in [0.05, 0.1) is 5.92 Å². The topological polar surface area (TPSA) is 75.2 Å². The molecule has 2 N–H and O–H groups in total. The minimum atomic E-state index is -4.40. The number of ether oxygens (including phenoxy) is 1. The number of hydrogen-bond donors (Lipinski definition) is 2. The van der Waals surface area contributed by atoms with Crippen molar-refractivity contribution in [2.24, 2.45) is 5.92 Å². The van der Waals surface area contributed by atoms with Crippen molar-refractivity contribution >= 4 is 5.97 Å². The zero-order valence-electron chi connectivity index (χ0n) is 7.84. The lowest BCUT2D eigenvalue weighted by atomic mass is 9.97. The van der Waals surface area contributed by atoms with E-state index in [1.807, 2.05) is 0 Å². The number of aromatic amines is 1. The number of carboxylic acids is 1. The van der Waals surface area contributed by atoms with Crippen molar-refractivity contribution < 1.29 is 27.8 Å². The first-order valence-corrected chi connectivity index (χ1v) is 4.39. The fourth-order valence-electron chi connectivity index (χ4n) is 1.53. The Morgan fingerprint density at radius 3 is 2.81 bits per heavy atom. The fraction of sp³-hybridized carbons (Fsp3) is 0.500. The molecule has 1 aromatic heterocycles. The average molecular weight is 236 g/mol. The van der Waals surface area contributed by atoms with Crippen LogP contribution < -0.4 is 4.74 Å². The molecule has 88 valence electrons. The zero-order valence-corrected chi connectivity index (χ0v) is 7.84. The number of H-pyrrole nitrogens is 1. The summed E-state index contributed by atoms with van der Waals surface area (Å²) in [6.07, 6.45) is -4.82. The van der Waals surface area contributed by atoms with E-state index in [2.05, 4.69) is 10.2 Å². The maximum Gasteiger partial charge on any atom is 0.395 e. The molecule has 0 amide bonds. The van der Waals surface area contributed by atoms with Crippen LogP contribution in [-0.4, -0.2) is 34.1 Å². The van der Waals surface area contributed by atoms with Gasteiger partial charge in [0, 0.05) is 5.56 Å². The Kier molecular flexibility index (Phi) is 2.28. The minimum Gasteiger partial charge on any atom is -0.477 e. The van der Waals surface area contributed by atoms with Gasteiger partial charge >= 0.3 is 12.1 Å². The lowest BCUT2D eigenvalue weighted by Crippen LogP contribution is -2.33. The van der Waals surface area contributed by atoms with Crippen molar-refractivity contribution in [1.82, 2.24) is 10.2 Å². The van der Waals surface area contributed by atoms with Crippen molar-refractivity contribution in [3.63, 3.8) is 0 Å². The van der Waals surface area contributed by atoms with Gasteiger partial charge < -0.3 is 9.84 Å². The molecule has 0 saturated carbocycles. The third-order valence-electron chi connectivity index (χ3n) is 2.38. The largest absolute Gasteiger partial charge is 0.477 e. The van der Waals surface area contributed by atoms with Crippen LogP contribution in [0.3, 0.4) is 0 Å². The minimum absolute atomic E-state index is 0.0268. The molecule has 5 nitrogen and oxygen atoms in total. The number of alkyl halides is 3. The number of fused-ring (bicyclic) bond motifs is 1. The first kappa shape index (κ1) is 10.8. The van der Waals surface area contributed by atoms with Crippen LogP contribution in [0.15, 0.2) is 0 Å². The molecule has 0 aromatic carbocycles. The number of nitrogens with zero attached hydrogens (tertiary/aromatic N) is 1. The van der Waals surface area contributed by atoms with Gasteiger partial charge in [0.2, 0.25) is 5.88 Å². The van der Waals surface area contributed by atoms with Gasteiger partial charge in [-0.25, -0.2) is 4.79 Å². The maximum atomic E-state index is 12.4. The molecule has 0 fully saturated rings. The van der Waals surface area contributed by atoms with Gasteiger partial charge in [0.1, 0.15) is 6.61 Å². The van der Waals surface area contributed by atoms with Crippen molar-refractivity contribution in [3.8, 4) is 5.88 Å². The second-order valence-corrected chi connectivity index (χ2v) is 3.44. The summed E-state index contributed by atoms with van der Waals surface area (Å²) in [5, 5.41) is 14.4. The SMILES string of the molecule is O=C(O)c1[nH]nc2c1CC(C(F)(F)F)CO2. The molecule has 8 heteroatoms. The summed E-state index contributed by atoms with van der Waals surface area (Å²) in [6.45, 7) is -0.527. The normalized spacial score (nSPS) is 20.1. The maximum absolute atomic E-state index is 12.4. The van der Waals surface area contributed by atoms with Crippen LogP contribution in [0, 0.1) is 5.92 Å². The number of nitrogens with one attached hydrogen (secondary N) is 1. The van der Waals surface area contributed by atoms with Crippen LogP contribution in [0.1, 0.15) is 16.1 Å². The van der Waals surface area contributed by atoms with Gasteiger partial charge in [-0.15, -0.1) is 5.10 Å². The predicted molar refractivity (Wildman–Crippen MR) is 44.3 cm³/mol. The smallest absolute Gasteiger partial charge is 0.395 e. The van der Waals surface area contributed by atoms with Gasteiger partial charge in [-0.05, 0) is 6.42 Å². The molecule has 1 aliphatic rings. The Hall–Kier alpha value is -1.73. The van der Waals surface area contributed by atoms with Crippen LogP contribution in [0.4, 0.5) is 13.2 Å². The van der Waals surface area contributed by atoms with Crippen molar-refractivity contribution in [1.29, 1.82) is 0 Å². The van der Waals surface area contributed by atoms with E-state index < -0.39 is 31.1 Å². The monoisotopic (exact) mass is 236 g/mol. The summed E-state index contributed by atoms with van der Waals surface area (Å²) in [5.41, 5.74) is -0.370. The Balaban J connectivity index is 2.31. The first-order chi connectivity index (χ1) is 7.39. The summed E-state index contributed by atoms with van der Waals surface area (Å²) >= 11 is 0. The van der Waals surface area contributed by atoms with Gasteiger partial charge in [0.25, 0.3) is 0 Å². The number of hydrogen-bond acceptors (Lipinski definition) is 3. The van der Waals surface area contributed by atoms with Crippen LogP contribution >= 0.6 is 0 Å². The van der Waals surface area contributed by atoms with Gasteiger partial charge in [-0.3, -0.25) is 5.10 Å². The Morgan fingerprint density at radius 1 is 1.56 bits per heavy atom. The Bertz CT molecular complexity index is 427. The molecular formula is C8H7F3N2O3. The molecular weight excluding hydrogens is 229 g/mol. The summed E-state index contributed by atoms with van der Waals surface area (Å²) in [6, 6.07) is 0. The van der Waals surface area contributed by atoms with E-state index in [4.69, 9.17) is 9.84 Å². The Morgan fingerprint density at radius 2 is 2.25 bits per heavy atom. The van der Waals surface area contributed by atoms with E-state index in [0.717, 1.165) is 0 Å². The fourth-order valence-corrected chi connectivity index (χ4v) is 1.53. The lowest BCUT2D eigenvalue weighted by molar-refractivity contribution is -0.184. The predicted octanol–water partition coefficient (Wildman–Crippen LogP) is 1.22. The highest BCUT2D eigenvalue weighted by atomic mass is 19.4. The van der Waals surface area contributed by atoms with E-state index in [9.17, 15) is 18.0 Å². The molecule has 16 heavy (non-hydrogen) atoms.